The molecule has 1 aromatic carbocycles. The molecule has 0 amide bonds. The molecule has 0 saturated carbocycles. The highest BCUT2D eigenvalue weighted by Gasteiger charge is 2.12. The van der Waals surface area contributed by atoms with E-state index >= 15 is 0 Å². The normalized spacial score (nSPS) is 11.4. The third-order valence-corrected chi connectivity index (χ3v) is 5.59. The molecular weight excluding hydrogens is 388 g/mol. The Kier molecular flexibility index (Phi) is 5.46. The van der Waals surface area contributed by atoms with Crippen LogP contribution < -0.4 is 11.1 Å². The minimum Gasteiger partial charge on any atom is -0.396 e. The molecule has 0 atom stereocenters. The molecule has 4 aromatic rings. The van der Waals surface area contributed by atoms with Crippen LogP contribution in [0.5, 0.6) is 0 Å². The van der Waals surface area contributed by atoms with Crippen LogP contribution in [0, 0.1) is 6.92 Å². The number of hydrogen-bond donors (Lipinski definition) is 1. The van der Waals surface area contributed by atoms with Gasteiger partial charge in [0, 0.05) is 31.2 Å². The first kappa shape index (κ1) is 19.4. The first-order chi connectivity index (χ1) is 14.1. The Balaban J connectivity index is 1.70. The second kappa shape index (κ2) is 8.18. The fraction of sp³-hybridized carbons (Fsp3) is 0.238. The van der Waals surface area contributed by atoms with E-state index < -0.39 is 0 Å². The van der Waals surface area contributed by atoms with Crippen LogP contribution in [0.3, 0.4) is 0 Å². The zero-order chi connectivity index (χ0) is 20.4. The first-order valence-electron chi connectivity index (χ1n) is 9.29. The lowest BCUT2D eigenvalue weighted by molar-refractivity contribution is 0.276. The summed E-state index contributed by atoms with van der Waals surface area (Å²) in [5.74, 6) is 0.406. The second-order valence-electron chi connectivity index (χ2n) is 6.75. The molecule has 0 aliphatic carbocycles. The molecule has 1 N–H and O–H groups in total. The molecule has 8 heteroatoms. The van der Waals surface area contributed by atoms with Gasteiger partial charge in [-0.05, 0) is 37.1 Å². The molecule has 0 aliphatic rings. The van der Waals surface area contributed by atoms with Crippen LogP contribution in [0.25, 0.3) is 16.6 Å². The van der Waals surface area contributed by atoms with Gasteiger partial charge in [0.15, 0.2) is 5.16 Å². The zero-order valence-electron chi connectivity index (χ0n) is 15.9. The number of fused-ring (bicyclic) bond motifs is 2. The number of para-hydroxylation sites is 1. The number of pyridine rings is 1. The van der Waals surface area contributed by atoms with Gasteiger partial charge in [0.25, 0.3) is 11.1 Å². The summed E-state index contributed by atoms with van der Waals surface area (Å²) in [7, 11) is 0. The van der Waals surface area contributed by atoms with E-state index in [0.29, 0.717) is 46.1 Å². The Morgan fingerprint density at radius 2 is 1.93 bits per heavy atom. The lowest BCUT2D eigenvalue weighted by Gasteiger charge is -2.12. The molecule has 0 spiro atoms. The van der Waals surface area contributed by atoms with Crippen LogP contribution in [-0.4, -0.2) is 30.6 Å². The Morgan fingerprint density at radius 1 is 1.10 bits per heavy atom. The number of benzene rings is 1. The van der Waals surface area contributed by atoms with Gasteiger partial charge in [0.1, 0.15) is 5.65 Å². The fourth-order valence-electron chi connectivity index (χ4n) is 3.15. The van der Waals surface area contributed by atoms with E-state index in [1.54, 1.807) is 22.9 Å². The number of aliphatic hydroxyl groups excluding tert-OH is 1. The van der Waals surface area contributed by atoms with E-state index in [-0.39, 0.29) is 17.7 Å². The van der Waals surface area contributed by atoms with E-state index in [1.165, 1.54) is 22.2 Å². The Labute approximate surface area is 170 Å². The SMILES string of the molecule is Cc1ccc2nc(CSc3nc4ccccc4c(=O)n3CCCO)cc(=O)n2c1. The standard InChI is InChI=1S/C21H20N4O3S/c1-14-7-8-18-22-15(11-19(27)25(18)12-14)13-29-21-23-17-6-3-2-5-16(17)20(28)24(21)9-4-10-26/h2-3,5-8,11-12,26H,4,9-10,13H2,1H3. The molecule has 0 unspecified atom stereocenters. The third kappa shape index (κ3) is 3.94. The molecule has 0 radical (unpaired) electrons. The molecule has 0 aliphatic heterocycles. The number of thioether (sulfide) groups is 1. The molecule has 148 valence electrons. The molecule has 0 fully saturated rings. The van der Waals surface area contributed by atoms with Crippen LogP contribution >= 0.6 is 11.8 Å². The lowest BCUT2D eigenvalue weighted by Crippen LogP contribution is -2.24. The molecule has 29 heavy (non-hydrogen) atoms. The maximum atomic E-state index is 12.9. The average Bonchev–Trinajstić information content (AvgIpc) is 2.72. The van der Waals surface area contributed by atoms with E-state index in [1.807, 2.05) is 31.2 Å². The van der Waals surface area contributed by atoms with Crippen molar-refractivity contribution in [2.75, 3.05) is 6.61 Å². The first-order valence-corrected chi connectivity index (χ1v) is 10.3. The number of aliphatic hydroxyl groups is 1. The number of aryl methyl sites for hydroxylation is 1. The molecule has 0 saturated heterocycles. The quantitative estimate of drug-likeness (QED) is 0.389. The Hall–Kier alpha value is -2.97. The summed E-state index contributed by atoms with van der Waals surface area (Å²) in [6.45, 7) is 2.29. The predicted molar refractivity (Wildman–Crippen MR) is 113 cm³/mol. The number of rotatable bonds is 6. The lowest BCUT2D eigenvalue weighted by atomic mass is 10.2. The zero-order valence-corrected chi connectivity index (χ0v) is 16.7. The molecular formula is C21H20N4O3S. The highest BCUT2D eigenvalue weighted by atomic mass is 32.2. The summed E-state index contributed by atoms with van der Waals surface area (Å²) in [4.78, 5) is 34.5. The van der Waals surface area contributed by atoms with Gasteiger partial charge in [-0.2, -0.15) is 0 Å². The molecule has 4 rings (SSSR count). The van der Waals surface area contributed by atoms with E-state index in [4.69, 9.17) is 0 Å². The average molecular weight is 408 g/mol. The molecule has 7 nitrogen and oxygen atoms in total. The van der Waals surface area contributed by atoms with Crippen molar-refractivity contribution in [2.24, 2.45) is 0 Å². The van der Waals surface area contributed by atoms with Crippen LogP contribution in [0.2, 0.25) is 0 Å². The summed E-state index contributed by atoms with van der Waals surface area (Å²) in [5, 5.41) is 10.3. The molecule has 3 heterocycles. The fourth-order valence-corrected chi connectivity index (χ4v) is 4.07. The van der Waals surface area contributed by atoms with Gasteiger partial charge in [-0.3, -0.25) is 18.6 Å². The van der Waals surface area contributed by atoms with Gasteiger partial charge in [-0.15, -0.1) is 0 Å². The van der Waals surface area contributed by atoms with Crippen molar-refractivity contribution in [2.45, 2.75) is 30.8 Å². The minimum atomic E-state index is -0.140. The van der Waals surface area contributed by atoms with Gasteiger partial charge < -0.3 is 5.11 Å². The van der Waals surface area contributed by atoms with E-state index in [9.17, 15) is 14.7 Å². The van der Waals surface area contributed by atoms with Crippen molar-refractivity contribution in [3.8, 4) is 0 Å². The summed E-state index contributed by atoms with van der Waals surface area (Å²) in [6.07, 6.45) is 2.22. The van der Waals surface area contributed by atoms with Crippen molar-refractivity contribution < 1.29 is 5.11 Å². The van der Waals surface area contributed by atoms with Gasteiger partial charge >= 0.3 is 0 Å². The van der Waals surface area contributed by atoms with Crippen molar-refractivity contribution in [1.29, 1.82) is 0 Å². The third-order valence-electron chi connectivity index (χ3n) is 4.58. The smallest absolute Gasteiger partial charge is 0.262 e. The van der Waals surface area contributed by atoms with E-state index in [2.05, 4.69) is 9.97 Å². The number of aromatic nitrogens is 4. The summed E-state index contributed by atoms with van der Waals surface area (Å²) < 4.78 is 3.11. The predicted octanol–water partition coefficient (Wildman–Crippen LogP) is 2.39. The van der Waals surface area contributed by atoms with Crippen LogP contribution in [0.4, 0.5) is 0 Å². The van der Waals surface area contributed by atoms with Crippen LogP contribution in [-0.2, 0) is 12.3 Å². The van der Waals surface area contributed by atoms with Crippen molar-refractivity contribution in [1.82, 2.24) is 18.9 Å². The summed E-state index contributed by atoms with van der Waals surface area (Å²) in [5.41, 5.74) is 2.55. The summed E-state index contributed by atoms with van der Waals surface area (Å²) >= 11 is 1.36. The van der Waals surface area contributed by atoms with Crippen molar-refractivity contribution in [3.63, 3.8) is 0 Å². The van der Waals surface area contributed by atoms with E-state index in [0.717, 1.165) is 5.56 Å². The largest absolute Gasteiger partial charge is 0.396 e. The second-order valence-corrected chi connectivity index (χ2v) is 7.70. The maximum Gasteiger partial charge on any atom is 0.262 e. The van der Waals surface area contributed by atoms with Crippen molar-refractivity contribution >= 4 is 28.3 Å². The Bertz CT molecular complexity index is 1310. The number of hydrogen-bond acceptors (Lipinski definition) is 6. The number of nitrogens with zero attached hydrogens (tertiary/aromatic N) is 4. The highest BCUT2D eigenvalue weighted by molar-refractivity contribution is 7.98. The van der Waals surface area contributed by atoms with Crippen LogP contribution in [0.15, 0.2) is 63.4 Å². The minimum absolute atomic E-state index is 0.00815. The van der Waals surface area contributed by atoms with Gasteiger partial charge in [0.2, 0.25) is 0 Å². The van der Waals surface area contributed by atoms with Crippen LogP contribution in [0.1, 0.15) is 17.7 Å². The van der Waals surface area contributed by atoms with Gasteiger partial charge in [0.05, 0.1) is 16.6 Å². The highest BCUT2D eigenvalue weighted by Crippen LogP contribution is 2.21. The maximum absolute atomic E-state index is 12.9. The molecule has 0 bridgehead atoms. The van der Waals surface area contributed by atoms with Gasteiger partial charge in [-0.1, -0.05) is 30.0 Å². The summed E-state index contributed by atoms with van der Waals surface area (Å²) in [6, 6.07) is 12.4. The molecule has 3 aromatic heterocycles. The Morgan fingerprint density at radius 3 is 2.76 bits per heavy atom. The topological polar surface area (TPSA) is 89.5 Å². The van der Waals surface area contributed by atoms with Crippen molar-refractivity contribution in [3.05, 3.63) is 80.6 Å². The van der Waals surface area contributed by atoms with Gasteiger partial charge in [-0.25, -0.2) is 9.97 Å². The monoisotopic (exact) mass is 408 g/mol.